The van der Waals surface area contributed by atoms with Crippen LogP contribution in [0.3, 0.4) is 0 Å². The Hall–Kier alpha value is -4.20. The zero-order valence-corrected chi connectivity index (χ0v) is 16.5. The molecule has 0 atom stereocenters. The maximum Gasteiger partial charge on any atom is 0.289 e. The molecule has 8 nitrogen and oxygen atoms in total. The highest BCUT2D eigenvalue weighted by Crippen LogP contribution is 2.27. The van der Waals surface area contributed by atoms with Crippen LogP contribution in [0.4, 0.5) is 0 Å². The molecular formula is C22H20N6O2. The molecule has 3 N–H and O–H groups in total. The Labute approximate surface area is 172 Å². The first-order valence-corrected chi connectivity index (χ1v) is 9.33. The van der Waals surface area contributed by atoms with E-state index in [0.717, 1.165) is 28.2 Å². The number of carbonyl (C=O) groups excluding carboxylic acids is 1. The van der Waals surface area contributed by atoms with Crippen molar-refractivity contribution < 1.29 is 9.90 Å². The van der Waals surface area contributed by atoms with Gasteiger partial charge in [0.2, 0.25) is 0 Å². The second-order valence-corrected chi connectivity index (χ2v) is 6.75. The molecule has 0 saturated heterocycles. The van der Waals surface area contributed by atoms with Gasteiger partial charge in [0.15, 0.2) is 0 Å². The summed E-state index contributed by atoms with van der Waals surface area (Å²) in [4.78, 5) is 12.4. The molecule has 8 heteroatoms. The summed E-state index contributed by atoms with van der Waals surface area (Å²) >= 11 is 0. The monoisotopic (exact) mass is 400 g/mol. The Morgan fingerprint density at radius 2 is 1.87 bits per heavy atom. The molecule has 150 valence electrons. The standard InChI is InChI=1S/C22H20N6O2/c1-14-21(15(2)28(27-14)17-6-4-3-5-7-17)19-12-20(25-24-19)22(30)26-23-13-16-8-10-18(29)11-9-16/h3-13,29H,1-2H3,(H,24,25)(H,26,30)/b23-13-. The number of nitrogens with one attached hydrogen (secondary N) is 2. The number of H-pyrrole nitrogens is 1. The largest absolute Gasteiger partial charge is 0.508 e. The Kier molecular flexibility index (Phi) is 5.13. The van der Waals surface area contributed by atoms with Crippen LogP contribution in [0.2, 0.25) is 0 Å². The van der Waals surface area contributed by atoms with E-state index in [4.69, 9.17) is 0 Å². The molecule has 0 aliphatic carbocycles. The predicted molar refractivity (Wildman–Crippen MR) is 114 cm³/mol. The lowest BCUT2D eigenvalue weighted by Gasteiger charge is -2.04. The van der Waals surface area contributed by atoms with Crippen molar-refractivity contribution in [1.29, 1.82) is 0 Å². The first-order valence-electron chi connectivity index (χ1n) is 9.33. The minimum Gasteiger partial charge on any atom is -0.508 e. The number of para-hydroxylation sites is 1. The van der Waals surface area contributed by atoms with Gasteiger partial charge in [0.25, 0.3) is 5.91 Å². The third-order valence-corrected chi connectivity index (χ3v) is 4.64. The van der Waals surface area contributed by atoms with E-state index in [1.54, 1.807) is 30.3 Å². The molecule has 0 aliphatic rings. The summed E-state index contributed by atoms with van der Waals surface area (Å²) in [5, 5.41) is 24.9. The fraction of sp³-hybridized carbons (Fsp3) is 0.0909. The molecule has 0 spiro atoms. The van der Waals surface area contributed by atoms with Crippen LogP contribution in [-0.2, 0) is 0 Å². The van der Waals surface area contributed by atoms with Gasteiger partial charge in [0.1, 0.15) is 11.4 Å². The van der Waals surface area contributed by atoms with Gasteiger partial charge in [-0.2, -0.15) is 15.3 Å². The average molecular weight is 400 g/mol. The summed E-state index contributed by atoms with van der Waals surface area (Å²) in [5.74, 6) is -0.239. The number of phenolic OH excluding ortho intramolecular Hbond substituents is 1. The van der Waals surface area contributed by atoms with E-state index >= 15 is 0 Å². The molecule has 2 aromatic carbocycles. The highest BCUT2D eigenvalue weighted by atomic mass is 16.3. The maximum atomic E-state index is 12.4. The molecule has 4 aromatic rings. The van der Waals surface area contributed by atoms with Crippen LogP contribution in [-0.4, -0.2) is 37.2 Å². The maximum absolute atomic E-state index is 12.4. The van der Waals surface area contributed by atoms with Crippen molar-refractivity contribution in [2.75, 3.05) is 0 Å². The number of aromatic hydroxyl groups is 1. The van der Waals surface area contributed by atoms with Gasteiger partial charge in [-0.3, -0.25) is 9.89 Å². The van der Waals surface area contributed by atoms with E-state index in [-0.39, 0.29) is 5.75 Å². The minimum atomic E-state index is -0.408. The Morgan fingerprint density at radius 3 is 2.60 bits per heavy atom. The summed E-state index contributed by atoms with van der Waals surface area (Å²) in [7, 11) is 0. The molecule has 0 fully saturated rings. The van der Waals surface area contributed by atoms with Crippen molar-refractivity contribution in [1.82, 2.24) is 25.4 Å². The number of hydrogen-bond acceptors (Lipinski definition) is 5. The number of amides is 1. The lowest BCUT2D eigenvalue weighted by molar-refractivity contribution is 0.0950. The van der Waals surface area contributed by atoms with Crippen LogP contribution in [0.25, 0.3) is 16.9 Å². The van der Waals surface area contributed by atoms with Gasteiger partial charge in [-0.05, 0) is 61.9 Å². The van der Waals surface area contributed by atoms with Gasteiger partial charge in [-0.15, -0.1) is 0 Å². The molecule has 1 amide bonds. The Morgan fingerprint density at radius 1 is 1.13 bits per heavy atom. The van der Waals surface area contributed by atoms with Gasteiger partial charge in [0, 0.05) is 5.56 Å². The number of aromatic amines is 1. The molecule has 4 rings (SSSR count). The van der Waals surface area contributed by atoms with Crippen LogP contribution in [0.5, 0.6) is 5.75 Å². The molecule has 2 heterocycles. The normalized spacial score (nSPS) is 11.1. The van der Waals surface area contributed by atoms with Crippen molar-refractivity contribution in [2.45, 2.75) is 13.8 Å². The van der Waals surface area contributed by atoms with Gasteiger partial charge < -0.3 is 5.11 Å². The summed E-state index contributed by atoms with van der Waals surface area (Å²) < 4.78 is 1.86. The summed E-state index contributed by atoms with van der Waals surface area (Å²) in [5.41, 5.74) is 7.73. The zero-order valence-electron chi connectivity index (χ0n) is 16.5. The number of aromatic nitrogens is 4. The van der Waals surface area contributed by atoms with Crippen molar-refractivity contribution in [2.24, 2.45) is 5.10 Å². The van der Waals surface area contributed by atoms with E-state index in [0.29, 0.717) is 11.4 Å². The Bertz CT molecular complexity index is 1210. The molecule has 2 aromatic heterocycles. The highest BCUT2D eigenvalue weighted by Gasteiger charge is 2.18. The summed E-state index contributed by atoms with van der Waals surface area (Å²) in [6.45, 7) is 3.89. The molecule has 0 unspecified atom stereocenters. The van der Waals surface area contributed by atoms with Gasteiger partial charge in [-0.25, -0.2) is 10.1 Å². The average Bonchev–Trinajstić information content (AvgIpc) is 3.34. The molecule has 30 heavy (non-hydrogen) atoms. The number of rotatable bonds is 5. The van der Waals surface area contributed by atoms with Crippen molar-refractivity contribution in [3.05, 3.63) is 83.3 Å². The van der Waals surface area contributed by atoms with E-state index in [2.05, 4.69) is 25.8 Å². The van der Waals surface area contributed by atoms with Crippen molar-refractivity contribution in [3.63, 3.8) is 0 Å². The third kappa shape index (κ3) is 3.83. The number of aryl methyl sites for hydroxylation is 1. The van der Waals surface area contributed by atoms with Crippen LogP contribution in [0.1, 0.15) is 27.4 Å². The highest BCUT2D eigenvalue weighted by molar-refractivity contribution is 5.94. The molecule has 0 aliphatic heterocycles. The van der Waals surface area contributed by atoms with Crippen LogP contribution in [0.15, 0.2) is 65.8 Å². The summed E-state index contributed by atoms with van der Waals surface area (Å²) in [6, 6.07) is 18.0. The quantitative estimate of drug-likeness (QED) is 0.353. The number of hydrogen-bond donors (Lipinski definition) is 3. The number of nitrogens with zero attached hydrogens (tertiary/aromatic N) is 4. The topological polar surface area (TPSA) is 108 Å². The van der Waals surface area contributed by atoms with E-state index in [1.807, 2.05) is 48.9 Å². The van der Waals surface area contributed by atoms with E-state index in [1.165, 1.54) is 6.21 Å². The lowest BCUT2D eigenvalue weighted by atomic mass is 10.1. The molecule has 0 bridgehead atoms. The van der Waals surface area contributed by atoms with Gasteiger partial charge >= 0.3 is 0 Å². The number of carbonyl (C=O) groups is 1. The van der Waals surface area contributed by atoms with Crippen LogP contribution >= 0.6 is 0 Å². The second-order valence-electron chi connectivity index (χ2n) is 6.75. The van der Waals surface area contributed by atoms with Crippen LogP contribution in [0, 0.1) is 13.8 Å². The molecule has 0 saturated carbocycles. The fourth-order valence-electron chi connectivity index (χ4n) is 3.19. The first-order chi connectivity index (χ1) is 14.5. The number of phenols is 1. The smallest absolute Gasteiger partial charge is 0.289 e. The summed E-state index contributed by atoms with van der Waals surface area (Å²) in [6.07, 6.45) is 1.49. The number of benzene rings is 2. The van der Waals surface area contributed by atoms with E-state index < -0.39 is 5.91 Å². The third-order valence-electron chi connectivity index (χ3n) is 4.64. The number of hydrazone groups is 1. The lowest BCUT2D eigenvalue weighted by Crippen LogP contribution is -2.17. The molecule has 0 radical (unpaired) electrons. The zero-order chi connectivity index (χ0) is 21.1. The minimum absolute atomic E-state index is 0.169. The van der Waals surface area contributed by atoms with Crippen LogP contribution < -0.4 is 5.43 Å². The Balaban J connectivity index is 1.52. The van der Waals surface area contributed by atoms with E-state index in [9.17, 15) is 9.90 Å². The first kappa shape index (κ1) is 19.1. The SMILES string of the molecule is Cc1nn(-c2ccccc2)c(C)c1-c1cc(C(=O)N/N=C\c2ccc(O)cc2)[nH]n1. The second kappa shape index (κ2) is 8.04. The molecular weight excluding hydrogens is 380 g/mol. The predicted octanol–water partition coefficient (Wildman–Crippen LogP) is 3.35. The van der Waals surface area contributed by atoms with Crippen molar-refractivity contribution >= 4 is 12.1 Å². The van der Waals surface area contributed by atoms with Crippen molar-refractivity contribution in [3.8, 4) is 22.7 Å². The fourth-order valence-corrected chi connectivity index (χ4v) is 3.19. The van der Waals surface area contributed by atoms with Gasteiger partial charge in [0.05, 0.1) is 29.0 Å². The van der Waals surface area contributed by atoms with Gasteiger partial charge in [-0.1, -0.05) is 18.2 Å².